The standard InChI is InChI=1S/C6H11INO/c1-3-4-5-6(7)8(2)9/h3-4,6H,5H2,1-2H3/q-1/b4-3-/t6-/m1/s1. The van der Waals surface area contributed by atoms with Crippen molar-refractivity contribution >= 4 is 22.6 Å². The van der Waals surface area contributed by atoms with Gasteiger partial charge in [-0.25, -0.2) is 0 Å². The topological polar surface area (TPSA) is 26.3 Å². The van der Waals surface area contributed by atoms with Gasteiger partial charge in [0.2, 0.25) is 0 Å². The van der Waals surface area contributed by atoms with Crippen LogP contribution in [0.15, 0.2) is 12.2 Å². The Morgan fingerprint density at radius 3 is 2.67 bits per heavy atom. The second kappa shape index (κ2) is 5.20. The fourth-order valence-corrected chi connectivity index (χ4v) is 0.690. The first-order chi connectivity index (χ1) is 4.18. The van der Waals surface area contributed by atoms with E-state index in [1.54, 1.807) is 7.05 Å². The third-order valence-corrected chi connectivity index (χ3v) is 2.25. The quantitative estimate of drug-likeness (QED) is 0.248. The summed E-state index contributed by atoms with van der Waals surface area (Å²) in [5.41, 5.74) is 0. The molecule has 0 heterocycles. The number of nitrogens with zero attached hydrogens (tertiary/aromatic N) is 1. The van der Waals surface area contributed by atoms with Crippen molar-refractivity contribution in [2.75, 3.05) is 7.05 Å². The first-order valence-electron chi connectivity index (χ1n) is 2.83. The minimum absolute atomic E-state index is 0.0822. The first-order valence-corrected chi connectivity index (χ1v) is 4.08. The van der Waals surface area contributed by atoms with E-state index in [1.807, 2.05) is 19.1 Å². The zero-order valence-corrected chi connectivity index (χ0v) is 7.83. The fraction of sp³-hybridized carbons (Fsp3) is 0.667. The zero-order valence-electron chi connectivity index (χ0n) is 5.67. The van der Waals surface area contributed by atoms with Gasteiger partial charge in [0, 0.05) is 0 Å². The molecule has 0 aliphatic carbocycles. The van der Waals surface area contributed by atoms with Crippen LogP contribution in [0.1, 0.15) is 13.3 Å². The highest BCUT2D eigenvalue weighted by atomic mass is 127. The van der Waals surface area contributed by atoms with Gasteiger partial charge in [-0.2, -0.15) is 0 Å². The van der Waals surface area contributed by atoms with Gasteiger partial charge < -0.3 is 10.3 Å². The lowest BCUT2D eigenvalue weighted by Crippen LogP contribution is -2.18. The molecule has 2 nitrogen and oxygen atoms in total. The molecule has 0 rings (SSSR count). The minimum Gasteiger partial charge on any atom is -0.785 e. The van der Waals surface area contributed by atoms with Crippen LogP contribution in [0.5, 0.6) is 0 Å². The molecule has 0 aromatic rings. The van der Waals surface area contributed by atoms with Crippen LogP contribution in [0.2, 0.25) is 0 Å². The molecule has 0 saturated heterocycles. The van der Waals surface area contributed by atoms with Crippen LogP contribution in [0.4, 0.5) is 0 Å². The molecule has 0 N–H and O–H groups in total. The summed E-state index contributed by atoms with van der Waals surface area (Å²) >= 11 is 2.12. The van der Waals surface area contributed by atoms with Crippen molar-refractivity contribution in [3.05, 3.63) is 17.4 Å². The largest absolute Gasteiger partial charge is 0.785 e. The lowest BCUT2D eigenvalue weighted by atomic mass is 10.4. The highest BCUT2D eigenvalue weighted by Gasteiger charge is 1.96. The van der Waals surface area contributed by atoms with E-state index >= 15 is 0 Å². The van der Waals surface area contributed by atoms with Crippen LogP contribution in [-0.4, -0.2) is 16.2 Å². The molecular formula is C6H11INO-. The maximum absolute atomic E-state index is 10.5. The fourth-order valence-electron chi connectivity index (χ4n) is 0.397. The molecule has 0 saturated carbocycles. The van der Waals surface area contributed by atoms with Gasteiger partial charge in [0.1, 0.15) is 0 Å². The molecule has 0 amide bonds. The summed E-state index contributed by atoms with van der Waals surface area (Å²) < 4.78 is 0.0822. The molecule has 1 atom stereocenters. The Kier molecular flexibility index (Phi) is 5.42. The molecule has 0 aromatic heterocycles. The highest BCUT2D eigenvalue weighted by molar-refractivity contribution is 14.1. The van der Waals surface area contributed by atoms with Gasteiger partial charge in [0.05, 0.1) is 4.05 Å². The molecule has 0 aliphatic heterocycles. The molecule has 0 aliphatic rings. The molecule has 0 radical (unpaired) electrons. The maximum atomic E-state index is 10.5. The summed E-state index contributed by atoms with van der Waals surface area (Å²) in [5, 5.41) is 11.5. The van der Waals surface area contributed by atoms with Crippen LogP contribution in [0, 0.1) is 5.21 Å². The Labute approximate surface area is 69.6 Å². The number of hydrogen-bond acceptors (Lipinski definition) is 2. The van der Waals surface area contributed by atoms with Gasteiger partial charge in [0.15, 0.2) is 0 Å². The summed E-state index contributed by atoms with van der Waals surface area (Å²) in [4.78, 5) is 0. The summed E-state index contributed by atoms with van der Waals surface area (Å²) in [7, 11) is 1.54. The molecule has 9 heavy (non-hydrogen) atoms. The normalized spacial score (nSPS) is 15.2. The number of alkyl halides is 1. The predicted octanol–water partition coefficient (Wildman–Crippen LogP) is 2.14. The summed E-state index contributed by atoms with van der Waals surface area (Å²) in [6.45, 7) is 1.95. The lowest BCUT2D eigenvalue weighted by Gasteiger charge is -2.27. The number of hydroxylamine groups is 2. The second-order valence-corrected chi connectivity index (χ2v) is 3.22. The SMILES string of the molecule is C/C=C\C[C@H](I)N(C)[O-]. The summed E-state index contributed by atoms with van der Waals surface area (Å²) in [6.07, 6.45) is 4.78. The Hall–Kier alpha value is 0.390. The van der Waals surface area contributed by atoms with Gasteiger partial charge in [-0.3, -0.25) is 0 Å². The van der Waals surface area contributed by atoms with Crippen molar-refractivity contribution in [1.29, 1.82) is 0 Å². The van der Waals surface area contributed by atoms with E-state index < -0.39 is 0 Å². The Morgan fingerprint density at radius 2 is 2.33 bits per heavy atom. The zero-order chi connectivity index (χ0) is 7.28. The van der Waals surface area contributed by atoms with E-state index in [0.29, 0.717) is 0 Å². The van der Waals surface area contributed by atoms with Crippen molar-refractivity contribution in [2.24, 2.45) is 0 Å². The maximum Gasteiger partial charge on any atom is 0.0538 e. The average molecular weight is 240 g/mol. The van der Waals surface area contributed by atoms with E-state index in [4.69, 9.17) is 0 Å². The average Bonchev–Trinajstić information content (AvgIpc) is 1.82. The molecule has 0 fully saturated rings. The van der Waals surface area contributed by atoms with Gasteiger partial charge in [-0.05, 0) is 20.4 Å². The van der Waals surface area contributed by atoms with Gasteiger partial charge in [-0.1, -0.05) is 34.7 Å². The number of halogens is 1. The lowest BCUT2D eigenvalue weighted by molar-refractivity contribution is 0.448. The minimum atomic E-state index is 0.0822. The monoisotopic (exact) mass is 240 g/mol. The molecule has 54 valence electrons. The van der Waals surface area contributed by atoms with Gasteiger partial charge in [-0.15, -0.1) is 0 Å². The van der Waals surface area contributed by atoms with Crippen LogP contribution in [-0.2, 0) is 0 Å². The van der Waals surface area contributed by atoms with Crippen molar-refractivity contribution < 1.29 is 0 Å². The van der Waals surface area contributed by atoms with E-state index in [1.165, 1.54) is 0 Å². The van der Waals surface area contributed by atoms with E-state index in [2.05, 4.69) is 22.6 Å². The van der Waals surface area contributed by atoms with Gasteiger partial charge >= 0.3 is 0 Å². The summed E-state index contributed by atoms with van der Waals surface area (Å²) in [5.74, 6) is 0. The molecule has 0 bridgehead atoms. The van der Waals surface area contributed by atoms with Crippen LogP contribution < -0.4 is 0 Å². The van der Waals surface area contributed by atoms with Gasteiger partial charge in [0.25, 0.3) is 0 Å². The van der Waals surface area contributed by atoms with Crippen molar-refractivity contribution in [3.63, 3.8) is 0 Å². The molecule has 0 spiro atoms. The second-order valence-electron chi connectivity index (χ2n) is 1.79. The predicted molar refractivity (Wildman–Crippen MR) is 48.4 cm³/mol. The number of allylic oxidation sites excluding steroid dienone is 1. The Morgan fingerprint density at radius 1 is 1.78 bits per heavy atom. The van der Waals surface area contributed by atoms with E-state index in [0.717, 1.165) is 11.5 Å². The van der Waals surface area contributed by atoms with Crippen molar-refractivity contribution in [1.82, 2.24) is 5.06 Å². The third-order valence-electron chi connectivity index (χ3n) is 0.961. The smallest absolute Gasteiger partial charge is 0.0538 e. The summed E-state index contributed by atoms with van der Waals surface area (Å²) in [6, 6.07) is 0. The number of rotatable bonds is 3. The Bertz CT molecular complexity index is 93.1. The highest BCUT2D eigenvalue weighted by Crippen LogP contribution is 2.08. The van der Waals surface area contributed by atoms with Crippen LogP contribution >= 0.6 is 22.6 Å². The van der Waals surface area contributed by atoms with Crippen LogP contribution in [0.3, 0.4) is 0 Å². The van der Waals surface area contributed by atoms with E-state index in [9.17, 15) is 5.21 Å². The third kappa shape index (κ3) is 4.87. The molecular weight excluding hydrogens is 229 g/mol. The first kappa shape index (κ1) is 9.39. The van der Waals surface area contributed by atoms with Crippen LogP contribution in [0.25, 0.3) is 0 Å². The van der Waals surface area contributed by atoms with Crippen molar-refractivity contribution in [2.45, 2.75) is 17.4 Å². The molecule has 0 unspecified atom stereocenters. The molecule has 3 heteroatoms. The number of hydrogen-bond donors (Lipinski definition) is 0. The van der Waals surface area contributed by atoms with E-state index in [-0.39, 0.29) is 4.05 Å². The molecule has 0 aromatic carbocycles. The Balaban J connectivity index is 3.38. The van der Waals surface area contributed by atoms with Crippen molar-refractivity contribution in [3.8, 4) is 0 Å².